The van der Waals surface area contributed by atoms with Crippen LogP contribution in [0.2, 0.25) is 0 Å². The molecule has 0 saturated carbocycles. The van der Waals surface area contributed by atoms with Gasteiger partial charge in [-0.2, -0.15) is 0 Å². The number of rotatable bonds is 4. The summed E-state index contributed by atoms with van der Waals surface area (Å²) in [6.45, 7) is 6.25. The molecular formula is C19H22N4O4S. The molecule has 1 N–H and O–H groups in total. The van der Waals surface area contributed by atoms with E-state index in [9.17, 15) is 18.5 Å². The molecule has 2 aromatic carbocycles. The topological polar surface area (TPSA) is 107 Å². The highest BCUT2D eigenvalue weighted by Crippen LogP contribution is 2.32. The molecule has 0 aliphatic rings. The molecule has 1 heterocycles. The van der Waals surface area contributed by atoms with Crippen molar-refractivity contribution in [3.05, 3.63) is 52.3 Å². The summed E-state index contributed by atoms with van der Waals surface area (Å²) in [6.07, 6.45) is 1.01. The number of nitro benzene ring substituents is 1. The number of nitrogens with zero attached hydrogens (tertiary/aromatic N) is 3. The monoisotopic (exact) mass is 402 g/mol. The Kier molecular flexibility index (Phi) is 4.66. The number of hydrogen-bond acceptors (Lipinski definition) is 6. The van der Waals surface area contributed by atoms with Gasteiger partial charge in [0.1, 0.15) is 11.5 Å². The highest BCUT2D eigenvalue weighted by atomic mass is 32.2. The van der Waals surface area contributed by atoms with Crippen molar-refractivity contribution in [1.29, 1.82) is 0 Å². The normalized spacial score (nSPS) is 12.3. The number of nitrogens with one attached hydrogen (secondary N) is 1. The average molecular weight is 402 g/mol. The molecule has 0 spiro atoms. The summed E-state index contributed by atoms with van der Waals surface area (Å²) < 4.78 is 25.4. The van der Waals surface area contributed by atoms with Crippen molar-refractivity contribution in [3.63, 3.8) is 0 Å². The van der Waals surface area contributed by atoms with E-state index in [0.29, 0.717) is 5.69 Å². The van der Waals surface area contributed by atoms with Gasteiger partial charge < -0.3 is 9.88 Å². The summed E-state index contributed by atoms with van der Waals surface area (Å²) >= 11 is 0. The van der Waals surface area contributed by atoms with Gasteiger partial charge in [0.2, 0.25) is 0 Å². The molecule has 3 rings (SSSR count). The second kappa shape index (κ2) is 6.59. The highest BCUT2D eigenvalue weighted by molar-refractivity contribution is 7.90. The van der Waals surface area contributed by atoms with E-state index < -0.39 is 14.8 Å². The minimum absolute atomic E-state index is 0.0975. The lowest BCUT2D eigenvalue weighted by Gasteiger charge is -2.17. The maximum absolute atomic E-state index is 11.7. The number of nitro groups is 1. The molecule has 8 nitrogen and oxygen atoms in total. The van der Waals surface area contributed by atoms with Crippen molar-refractivity contribution >= 4 is 37.9 Å². The highest BCUT2D eigenvalue weighted by Gasteiger charge is 2.22. The van der Waals surface area contributed by atoms with Gasteiger partial charge in [-0.1, -0.05) is 20.8 Å². The number of imidazole rings is 1. The van der Waals surface area contributed by atoms with Crippen molar-refractivity contribution < 1.29 is 13.3 Å². The Morgan fingerprint density at radius 1 is 1.14 bits per heavy atom. The van der Waals surface area contributed by atoms with Crippen LogP contribution in [0.1, 0.15) is 26.6 Å². The predicted molar refractivity (Wildman–Crippen MR) is 109 cm³/mol. The van der Waals surface area contributed by atoms with Gasteiger partial charge in [0.05, 0.1) is 20.9 Å². The molecule has 0 radical (unpaired) electrons. The second-order valence-corrected chi connectivity index (χ2v) is 9.80. The zero-order chi connectivity index (χ0) is 20.9. The van der Waals surface area contributed by atoms with Crippen LogP contribution in [-0.4, -0.2) is 29.1 Å². The number of aryl methyl sites for hydroxylation is 1. The van der Waals surface area contributed by atoms with E-state index in [2.05, 4.69) is 26.1 Å². The van der Waals surface area contributed by atoms with Crippen LogP contribution in [0.5, 0.6) is 0 Å². The van der Waals surface area contributed by atoms with E-state index in [1.165, 1.54) is 12.1 Å². The molecule has 0 fully saturated rings. The summed E-state index contributed by atoms with van der Waals surface area (Å²) in [7, 11) is -1.58. The van der Waals surface area contributed by atoms with E-state index in [1.54, 1.807) is 0 Å². The third-order valence-corrected chi connectivity index (χ3v) is 5.53. The molecule has 28 heavy (non-hydrogen) atoms. The van der Waals surface area contributed by atoms with E-state index in [0.717, 1.165) is 29.2 Å². The van der Waals surface area contributed by atoms with Crippen LogP contribution in [-0.2, 0) is 22.3 Å². The maximum atomic E-state index is 11.7. The van der Waals surface area contributed by atoms with Crippen molar-refractivity contribution in [3.8, 4) is 0 Å². The maximum Gasteiger partial charge on any atom is 0.293 e. The summed E-state index contributed by atoms with van der Waals surface area (Å²) in [5.41, 5.74) is 2.14. The van der Waals surface area contributed by atoms with Crippen molar-refractivity contribution in [2.45, 2.75) is 31.1 Å². The standard InChI is InChI=1S/C19H22N4O4S/c1-19(2,3)18-21-15-10-12(6-9-16(15)22(18)4)20-14-8-7-13(28(5,26)27)11-17(14)23(24)25/h6-11,20H,1-5H3. The minimum Gasteiger partial charge on any atom is -0.350 e. The molecule has 0 bridgehead atoms. The number of anilines is 2. The van der Waals surface area contributed by atoms with Crippen LogP contribution in [0, 0.1) is 10.1 Å². The quantitative estimate of drug-likeness (QED) is 0.523. The SMILES string of the molecule is Cn1c(C(C)(C)C)nc2cc(Nc3ccc(S(C)(=O)=O)cc3[N+](=O)[O-])ccc21. The molecule has 0 aliphatic heterocycles. The number of hydrogen-bond donors (Lipinski definition) is 1. The molecule has 1 aromatic heterocycles. The van der Waals surface area contributed by atoms with E-state index in [-0.39, 0.29) is 21.7 Å². The molecule has 0 amide bonds. The predicted octanol–water partition coefficient (Wildman–Crippen LogP) is 3.93. The Morgan fingerprint density at radius 3 is 2.39 bits per heavy atom. The van der Waals surface area contributed by atoms with Crippen LogP contribution < -0.4 is 5.32 Å². The first-order chi connectivity index (χ1) is 12.9. The van der Waals surface area contributed by atoms with Crippen LogP contribution in [0.4, 0.5) is 17.1 Å². The lowest BCUT2D eigenvalue weighted by Crippen LogP contribution is -2.17. The summed E-state index contributed by atoms with van der Waals surface area (Å²) in [6, 6.07) is 9.34. The number of aromatic nitrogens is 2. The van der Waals surface area contributed by atoms with Gasteiger partial charge in [-0.25, -0.2) is 13.4 Å². The first-order valence-electron chi connectivity index (χ1n) is 8.60. The van der Waals surface area contributed by atoms with Gasteiger partial charge in [-0.3, -0.25) is 10.1 Å². The number of benzene rings is 2. The van der Waals surface area contributed by atoms with Gasteiger partial charge >= 0.3 is 0 Å². The van der Waals surface area contributed by atoms with Crippen LogP contribution in [0.25, 0.3) is 11.0 Å². The molecule has 0 saturated heterocycles. The van der Waals surface area contributed by atoms with Crippen LogP contribution in [0.15, 0.2) is 41.3 Å². The number of fused-ring (bicyclic) bond motifs is 1. The Hall–Kier alpha value is -2.94. The zero-order valence-electron chi connectivity index (χ0n) is 16.3. The van der Waals surface area contributed by atoms with Gasteiger partial charge in [0.25, 0.3) is 5.69 Å². The zero-order valence-corrected chi connectivity index (χ0v) is 17.2. The molecule has 0 unspecified atom stereocenters. The van der Waals surface area contributed by atoms with Gasteiger partial charge in [0.15, 0.2) is 9.84 Å². The lowest BCUT2D eigenvalue weighted by atomic mass is 9.96. The Morgan fingerprint density at radius 2 is 1.82 bits per heavy atom. The Bertz CT molecular complexity index is 1190. The van der Waals surface area contributed by atoms with Crippen molar-refractivity contribution in [2.24, 2.45) is 7.05 Å². The summed E-state index contributed by atoms with van der Waals surface area (Å²) in [5.74, 6) is 0.933. The second-order valence-electron chi connectivity index (χ2n) is 7.78. The van der Waals surface area contributed by atoms with Crippen LogP contribution in [0.3, 0.4) is 0 Å². The molecule has 0 aliphatic carbocycles. The summed E-state index contributed by atoms with van der Waals surface area (Å²) in [5, 5.41) is 14.4. The fraction of sp³-hybridized carbons (Fsp3) is 0.316. The fourth-order valence-electron chi connectivity index (χ4n) is 3.10. The molecule has 148 valence electrons. The van der Waals surface area contributed by atoms with Gasteiger partial charge in [0, 0.05) is 30.5 Å². The Labute approximate surface area is 163 Å². The summed E-state index contributed by atoms with van der Waals surface area (Å²) in [4.78, 5) is 15.4. The Balaban J connectivity index is 2.04. The van der Waals surface area contributed by atoms with Gasteiger partial charge in [-0.05, 0) is 30.3 Å². The minimum atomic E-state index is -3.54. The molecule has 0 atom stereocenters. The molecule has 9 heteroatoms. The van der Waals surface area contributed by atoms with Crippen molar-refractivity contribution in [2.75, 3.05) is 11.6 Å². The fourth-order valence-corrected chi connectivity index (χ4v) is 3.74. The lowest BCUT2D eigenvalue weighted by molar-refractivity contribution is -0.384. The number of sulfone groups is 1. The third kappa shape index (κ3) is 3.70. The first kappa shape index (κ1) is 19.8. The largest absolute Gasteiger partial charge is 0.350 e. The van der Waals surface area contributed by atoms with Crippen molar-refractivity contribution in [1.82, 2.24) is 9.55 Å². The average Bonchev–Trinajstić information content (AvgIpc) is 2.90. The molecule has 3 aromatic rings. The molecular weight excluding hydrogens is 380 g/mol. The van der Waals surface area contributed by atoms with E-state index in [4.69, 9.17) is 4.98 Å². The van der Waals surface area contributed by atoms with E-state index >= 15 is 0 Å². The van der Waals surface area contributed by atoms with E-state index in [1.807, 2.05) is 29.8 Å². The smallest absolute Gasteiger partial charge is 0.293 e. The first-order valence-corrected chi connectivity index (χ1v) is 10.5. The van der Waals surface area contributed by atoms with Gasteiger partial charge in [-0.15, -0.1) is 0 Å². The third-order valence-electron chi connectivity index (χ3n) is 4.42. The van der Waals surface area contributed by atoms with Crippen LogP contribution >= 0.6 is 0 Å².